The minimum absolute atomic E-state index is 0.129. The van der Waals surface area contributed by atoms with Crippen LogP contribution in [0.4, 0.5) is 0 Å². The number of nitrogens with zero attached hydrogens (tertiary/aromatic N) is 5. The Bertz CT molecular complexity index is 1030. The maximum atomic E-state index is 12.9. The van der Waals surface area contributed by atoms with Crippen molar-refractivity contribution in [3.63, 3.8) is 0 Å². The summed E-state index contributed by atoms with van der Waals surface area (Å²) in [6.45, 7) is 2.29. The topological polar surface area (TPSA) is 73.1 Å². The lowest BCUT2D eigenvalue weighted by atomic mass is 9.87. The summed E-state index contributed by atoms with van der Waals surface area (Å²) in [5, 5.41) is 9.53. The standard InChI is InChI=1S/C24H29N5O2S/c1-17-4-6-19(7-5-17)28(2)22(30)16-32-24-27-26-23(18-12-14-25-15-13-18)29(24)20-8-10-21(31-3)11-9-20/h8-15,17,19H,4-7,16H2,1-3H3. The Morgan fingerprint density at radius 1 is 1.09 bits per heavy atom. The molecule has 4 rings (SSSR count). The van der Waals surface area contributed by atoms with Gasteiger partial charge in [-0.1, -0.05) is 18.7 Å². The molecule has 1 aromatic carbocycles. The summed E-state index contributed by atoms with van der Waals surface area (Å²) in [4.78, 5) is 19.0. The van der Waals surface area contributed by atoms with Gasteiger partial charge in [0.1, 0.15) is 5.75 Å². The molecule has 2 heterocycles. The second-order valence-corrected chi connectivity index (χ2v) is 9.23. The lowest BCUT2D eigenvalue weighted by molar-refractivity contribution is -0.129. The van der Waals surface area contributed by atoms with Crippen LogP contribution in [0.3, 0.4) is 0 Å². The first-order chi connectivity index (χ1) is 15.6. The molecule has 0 radical (unpaired) electrons. The zero-order valence-corrected chi connectivity index (χ0v) is 19.6. The second-order valence-electron chi connectivity index (χ2n) is 8.28. The van der Waals surface area contributed by atoms with Crippen molar-refractivity contribution in [1.82, 2.24) is 24.6 Å². The van der Waals surface area contributed by atoms with Gasteiger partial charge in [0.05, 0.1) is 12.9 Å². The number of carbonyl (C=O) groups excluding carboxylic acids is 1. The van der Waals surface area contributed by atoms with Crippen LogP contribution in [0.1, 0.15) is 32.6 Å². The molecule has 1 aliphatic rings. The highest BCUT2D eigenvalue weighted by Crippen LogP contribution is 2.30. The van der Waals surface area contributed by atoms with Crippen molar-refractivity contribution in [3.8, 4) is 22.8 Å². The minimum Gasteiger partial charge on any atom is -0.497 e. The second kappa shape index (κ2) is 10.2. The average molecular weight is 452 g/mol. The van der Waals surface area contributed by atoms with Crippen LogP contribution in [0, 0.1) is 5.92 Å². The number of thioether (sulfide) groups is 1. The molecule has 0 atom stereocenters. The minimum atomic E-state index is 0.129. The van der Waals surface area contributed by atoms with Gasteiger partial charge in [0.15, 0.2) is 11.0 Å². The Morgan fingerprint density at radius 2 is 1.78 bits per heavy atom. The molecule has 8 heteroatoms. The van der Waals surface area contributed by atoms with Gasteiger partial charge in [-0.3, -0.25) is 14.3 Å². The lowest BCUT2D eigenvalue weighted by Gasteiger charge is -2.33. The van der Waals surface area contributed by atoms with E-state index in [-0.39, 0.29) is 5.91 Å². The first-order valence-electron chi connectivity index (χ1n) is 11.0. The number of rotatable bonds is 7. The van der Waals surface area contributed by atoms with E-state index in [1.165, 1.54) is 24.6 Å². The molecule has 7 nitrogen and oxygen atoms in total. The van der Waals surface area contributed by atoms with Gasteiger partial charge in [0, 0.05) is 36.7 Å². The summed E-state index contributed by atoms with van der Waals surface area (Å²) in [6, 6.07) is 11.9. The van der Waals surface area contributed by atoms with E-state index in [1.54, 1.807) is 19.5 Å². The van der Waals surface area contributed by atoms with E-state index < -0.39 is 0 Å². The molecular formula is C24H29N5O2S. The fourth-order valence-corrected chi connectivity index (χ4v) is 4.95. The van der Waals surface area contributed by atoms with Crippen LogP contribution in [-0.4, -0.2) is 56.5 Å². The van der Waals surface area contributed by atoms with E-state index in [4.69, 9.17) is 4.74 Å². The third kappa shape index (κ3) is 4.96. The van der Waals surface area contributed by atoms with E-state index in [1.807, 2.05) is 52.9 Å². The zero-order chi connectivity index (χ0) is 22.5. The Hall–Kier alpha value is -2.87. The van der Waals surface area contributed by atoms with Crippen LogP contribution in [0.15, 0.2) is 53.9 Å². The highest BCUT2D eigenvalue weighted by Gasteiger charge is 2.25. The number of methoxy groups -OCH3 is 1. The molecule has 0 unspecified atom stereocenters. The molecule has 1 fully saturated rings. The normalized spacial score (nSPS) is 18.3. The number of hydrogen-bond acceptors (Lipinski definition) is 6. The molecule has 32 heavy (non-hydrogen) atoms. The molecule has 0 bridgehead atoms. The first-order valence-corrected chi connectivity index (χ1v) is 11.9. The van der Waals surface area contributed by atoms with Crippen LogP contribution >= 0.6 is 11.8 Å². The number of amides is 1. The van der Waals surface area contributed by atoms with Crippen LogP contribution in [0.2, 0.25) is 0 Å². The van der Waals surface area contributed by atoms with Crippen LogP contribution in [-0.2, 0) is 4.79 Å². The summed E-state index contributed by atoms with van der Waals surface area (Å²) in [7, 11) is 3.58. The van der Waals surface area contributed by atoms with Crippen molar-refractivity contribution in [3.05, 3.63) is 48.8 Å². The van der Waals surface area contributed by atoms with Gasteiger partial charge in [-0.2, -0.15) is 0 Å². The molecule has 1 amide bonds. The summed E-state index contributed by atoms with van der Waals surface area (Å²) in [5.41, 5.74) is 1.82. The van der Waals surface area contributed by atoms with Crippen molar-refractivity contribution in [2.45, 2.75) is 43.8 Å². The summed E-state index contributed by atoms with van der Waals surface area (Å²) < 4.78 is 7.28. The predicted octanol–water partition coefficient (Wildman–Crippen LogP) is 4.47. The number of benzene rings is 1. The molecule has 1 saturated carbocycles. The number of pyridine rings is 1. The SMILES string of the molecule is COc1ccc(-n2c(SCC(=O)N(C)C3CCC(C)CC3)nnc2-c2ccncc2)cc1. The smallest absolute Gasteiger partial charge is 0.233 e. The van der Waals surface area contributed by atoms with Gasteiger partial charge in [0.2, 0.25) is 5.91 Å². The van der Waals surface area contributed by atoms with E-state index in [0.717, 1.165) is 35.8 Å². The van der Waals surface area contributed by atoms with Crippen molar-refractivity contribution < 1.29 is 9.53 Å². The van der Waals surface area contributed by atoms with Gasteiger partial charge in [0.25, 0.3) is 0 Å². The van der Waals surface area contributed by atoms with Gasteiger partial charge in [-0.05, 0) is 68.0 Å². The maximum Gasteiger partial charge on any atom is 0.233 e. The molecule has 0 spiro atoms. The van der Waals surface area contributed by atoms with E-state index in [0.29, 0.717) is 22.8 Å². The van der Waals surface area contributed by atoms with E-state index in [2.05, 4.69) is 22.1 Å². The van der Waals surface area contributed by atoms with Gasteiger partial charge < -0.3 is 9.64 Å². The van der Waals surface area contributed by atoms with E-state index >= 15 is 0 Å². The quantitative estimate of drug-likeness (QED) is 0.494. The lowest BCUT2D eigenvalue weighted by Crippen LogP contribution is -2.40. The number of ether oxygens (including phenoxy) is 1. The largest absolute Gasteiger partial charge is 0.497 e. The summed E-state index contributed by atoms with van der Waals surface area (Å²) in [5.74, 6) is 2.71. The molecule has 3 aromatic rings. The monoisotopic (exact) mass is 451 g/mol. The first kappa shape index (κ1) is 22.3. The predicted molar refractivity (Wildman–Crippen MR) is 126 cm³/mol. The third-order valence-corrected chi connectivity index (χ3v) is 7.07. The van der Waals surface area contributed by atoms with Crippen molar-refractivity contribution >= 4 is 17.7 Å². The Kier molecular flexibility index (Phi) is 7.09. The Morgan fingerprint density at radius 3 is 2.44 bits per heavy atom. The van der Waals surface area contributed by atoms with Crippen molar-refractivity contribution in [2.24, 2.45) is 5.92 Å². The highest BCUT2D eigenvalue weighted by atomic mass is 32.2. The molecule has 1 aliphatic carbocycles. The Labute approximate surface area is 193 Å². The van der Waals surface area contributed by atoms with Crippen LogP contribution in [0.5, 0.6) is 5.75 Å². The number of hydrogen-bond donors (Lipinski definition) is 0. The molecule has 2 aromatic heterocycles. The fraction of sp³-hybridized carbons (Fsp3) is 0.417. The summed E-state index contributed by atoms with van der Waals surface area (Å²) >= 11 is 1.42. The van der Waals surface area contributed by atoms with Crippen molar-refractivity contribution in [2.75, 3.05) is 19.9 Å². The average Bonchev–Trinajstić information content (AvgIpc) is 3.27. The highest BCUT2D eigenvalue weighted by molar-refractivity contribution is 7.99. The maximum absolute atomic E-state index is 12.9. The molecule has 0 N–H and O–H groups in total. The van der Waals surface area contributed by atoms with Crippen LogP contribution in [0.25, 0.3) is 17.1 Å². The van der Waals surface area contributed by atoms with Gasteiger partial charge in [-0.25, -0.2) is 0 Å². The number of aromatic nitrogens is 4. The van der Waals surface area contributed by atoms with Gasteiger partial charge in [-0.15, -0.1) is 10.2 Å². The fourth-order valence-electron chi connectivity index (χ4n) is 4.08. The number of carbonyl (C=O) groups is 1. The molecule has 0 aliphatic heterocycles. The zero-order valence-electron chi connectivity index (χ0n) is 18.8. The van der Waals surface area contributed by atoms with Crippen LogP contribution < -0.4 is 4.74 Å². The van der Waals surface area contributed by atoms with Crippen molar-refractivity contribution in [1.29, 1.82) is 0 Å². The van der Waals surface area contributed by atoms with Gasteiger partial charge >= 0.3 is 0 Å². The molecular weight excluding hydrogens is 422 g/mol. The molecule has 0 saturated heterocycles. The Balaban J connectivity index is 1.55. The molecule has 168 valence electrons. The van der Waals surface area contributed by atoms with E-state index in [9.17, 15) is 4.79 Å². The third-order valence-electron chi connectivity index (χ3n) is 6.15. The summed E-state index contributed by atoms with van der Waals surface area (Å²) in [6.07, 6.45) is 8.02.